The maximum absolute atomic E-state index is 12.6. The zero-order chi connectivity index (χ0) is 15.9. The number of H-pyrrole nitrogens is 1. The minimum Gasteiger partial charge on any atom is -0.354 e. The van der Waals surface area contributed by atoms with Gasteiger partial charge >= 0.3 is 0 Å². The number of aromatic amines is 1. The van der Waals surface area contributed by atoms with E-state index in [1.807, 2.05) is 30.3 Å². The van der Waals surface area contributed by atoms with Crippen molar-refractivity contribution < 1.29 is 8.42 Å². The highest BCUT2D eigenvalue weighted by molar-refractivity contribution is 7.90. The molecule has 4 rings (SSSR count). The zero-order valence-electron chi connectivity index (χ0n) is 12.2. The van der Waals surface area contributed by atoms with E-state index in [4.69, 9.17) is 0 Å². The van der Waals surface area contributed by atoms with Crippen LogP contribution in [0, 0.1) is 0 Å². The summed E-state index contributed by atoms with van der Waals surface area (Å²) in [5, 5.41) is 1.10. The monoisotopic (exact) mass is 322 g/mol. The summed E-state index contributed by atoms with van der Waals surface area (Å²) in [6.07, 6.45) is 3.20. The van der Waals surface area contributed by atoms with Crippen LogP contribution in [-0.4, -0.2) is 17.4 Å². The summed E-state index contributed by atoms with van der Waals surface area (Å²) in [7, 11) is -3.55. The molecule has 0 atom stereocenters. The average Bonchev–Trinajstić information content (AvgIpc) is 3.22. The van der Waals surface area contributed by atoms with Gasteiger partial charge in [0.1, 0.15) is 0 Å². The molecule has 0 aliphatic carbocycles. The lowest BCUT2D eigenvalue weighted by atomic mass is 10.2. The zero-order valence-corrected chi connectivity index (χ0v) is 13.0. The number of fused-ring (bicyclic) bond motifs is 1. The van der Waals surface area contributed by atoms with Gasteiger partial charge in [0.15, 0.2) is 0 Å². The van der Waals surface area contributed by atoms with E-state index in [0.717, 1.165) is 22.2 Å². The van der Waals surface area contributed by atoms with E-state index in [2.05, 4.69) is 4.98 Å². The Morgan fingerprint density at radius 1 is 0.870 bits per heavy atom. The molecule has 2 aromatic heterocycles. The van der Waals surface area contributed by atoms with Crippen molar-refractivity contribution in [2.75, 3.05) is 0 Å². The van der Waals surface area contributed by atoms with Gasteiger partial charge in [0.25, 0.3) is 10.0 Å². The molecule has 4 aromatic rings. The Kier molecular flexibility index (Phi) is 3.09. The molecule has 4 nitrogen and oxygen atoms in total. The topological polar surface area (TPSA) is 54.9 Å². The Morgan fingerprint density at radius 3 is 2.39 bits per heavy atom. The normalized spacial score (nSPS) is 11.8. The molecule has 1 N–H and O–H groups in total. The number of nitrogens with one attached hydrogen (secondary N) is 1. The van der Waals surface area contributed by atoms with E-state index in [9.17, 15) is 8.42 Å². The van der Waals surface area contributed by atoms with Crippen molar-refractivity contribution in [1.29, 1.82) is 0 Å². The number of nitrogens with zero attached hydrogens (tertiary/aromatic N) is 1. The van der Waals surface area contributed by atoms with Crippen LogP contribution < -0.4 is 0 Å². The molecular weight excluding hydrogens is 308 g/mol. The largest absolute Gasteiger partial charge is 0.354 e. The Balaban J connectivity index is 1.77. The van der Waals surface area contributed by atoms with Crippen molar-refractivity contribution in [3.63, 3.8) is 0 Å². The van der Waals surface area contributed by atoms with E-state index >= 15 is 0 Å². The van der Waals surface area contributed by atoms with Gasteiger partial charge in [-0.05, 0) is 30.3 Å². The van der Waals surface area contributed by atoms with E-state index in [-0.39, 0.29) is 4.90 Å². The Bertz CT molecular complexity index is 1040. The number of hydrogen-bond acceptors (Lipinski definition) is 2. The smallest absolute Gasteiger partial charge is 0.267 e. The van der Waals surface area contributed by atoms with Crippen LogP contribution in [0.3, 0.4) is 0 Å². The van der Waals surface area contributed by atoms with Gasteiger partial charge in [-0.15, -0.1) is 0 Å². The molecule has 23 heavy (non-hydrogen) atoms. The highest BCUT2D eigenvalue weighted by Crippen LogP contribution is 2.25. The second-order valence-electron chi connectivity index (χ2n) is 5.32. The summed E-state index contributed by atoms with van der Waals surface area (Å²) in [6, 6.07) is 20.2. The maximum Gasteiger partial charge on any atom is 0.267 e. The summed E-state index contributed by atoms with van der Waals surface area (Å²) >= 11 is 0. The number of aromatic nitrogens is 2. The first kappa shape index (κ1) is 13.8. The summed E-state index contributed by atoms with van der Waals surface area (Å²) in [5.41, 5.74) is 2.76. The van der Waals surface area contributed by atoms with Crippen LogP contribution in [0.2, 0.25) is 0 Å². The molecule has 0 aliphatic heterocycles. The molecule has 0 aliphatic rings. The minimum absolute atomic E-state index is 0.277. The minimum atomic E-state index is -3.55. The molecular formula is C18H14N2O2S. The molecule has 0 unspecified atom stereocenters. The van der Waals surface area contributed by atoms with E-state index < -0.39 is 10.0 Å². The highest BCUT2D eigenvalue weighted by Gasteiger charge is 2.16. The molecule has 0 bridgehead atoms. The fraction of sp³-hybridized carbons (Fsp3) is 0. The summed E-state index contributed by atoms with van der Waals surface area (Å²) in [5.74, 6) is 0. The molecule has 2 heterocycles. The SMILES string of the molecule is O=S(=O)(c1ccccc1)n1ccc(-c2cc3ccccc3[nH]2)c1. The van der Waals surface area contributed by atoms with Gasteiger partial charge < -0.3 is 4.98 Å². The fourth-order valence-corrected chi connectivity index (χ4v) is 3.85. The van der Waals surface area contributed by atoms with Gasteiger partial charge in [-0.25, -0.2) is 12.4 Å². The highest BCUT2D eigenvalue weighted by atomic mass is 32.2. The van der Waals surface area contributed by atoms with Gasteiger partial charge in [-0.1, -0.05) is 36.4 Å². The van der Waals surface area contributed by atoms with E-state index in [1.54, 1.807) is 48.8 Å². The third-order valence-electron chi connectivity index (χ3n) is 3.83. The van der Waals surface area contributed by atoms with Gasteiger partial charge in [-0.2, -0.15) is 0 Å². The molecule has 2 aromatic carbocycles. The Morgan fingerprint density at radius 2 is 1.61 bits per heavy atom. The molecule has 0 saturated carbocycles. The van der Waals surface area contributed by atoms with Crippen LogP contribution in [0.1, 0.15) is 0 Å². The maximum atomic E-state index is 12.6. The van der Waals surface area contributed by atoms with Crippen LogP contribution in [-0.2, 0) is 10.0 Å². The molecule has 0 amide bonds. The lowest BCUT2D eigenvalue weighted by Crippen LogP contribution is -2.10. The summed E-state index contributed by atoms with van der Waals surface area (Å²) < 4.78 is 26.5. The van der Waals surface area contributed by atoms with Crippen molar-refractivity contribution in [1.82, 2.24) is 8.96 Å². The van der Waals surface area contributed by atoms with E-state index in [0.29, 0.717) is 0 Å². The van der Waals surface area contributed by atoms with Gasteiger partial charge in [0.05, 0.1) is 4.90 Å². The first-order valence-electron chi connectivity index (χ1n) is 7.21. The van der Waals surface area contributed by atoms with Crippen LogP contribution in [0.5, 0.6) is 0 Å². The first-order valence-corrected chi connectivity index (χ1v) is 8.65. The quantitative estimate of drug-likeness (QED) is 0.622. The van der Waals surface area contributed by atoms with Crippen LogP contribution in [0.25, 0.3) is 22.2 Å². The predicted octanol–water partition coefficient (Wildman–Crippen LogP) is 3.87. The molecule has 0 fully saturated rings. The lowest BCUT2D eigenvalue weighted by molar-refractivity contribution is 0.587. The number of rotatable bonds is 3. The standard InChI is InChI=1S/C18H14N2O2S/c21-23(22,16-7-2-1-3-8-16)20-11-10-15(13-20)18-12-14-6-4-5-9-17(14)19-18/h1-13,19H. The first-order chi connectivity index (χ1) is 11.1. The van der Waals surface area contributed by atoms with Crippen molar-refractivity contribution in [3.05, 3.63) is 79.1 Å². The Labute approximate surface area is 134 Å². The van der Waals surface area contributed by atoms with Crippen LogP contribution >= 0.6 is 0 Å². The second kappa shape index (κ2) is 5.14. The Hall–Kier alpha value is -2.79. The van der Waals surface area contributed by atoms with Crippen molar-refractivity contribution in [2.24, 2.45) is 0 Å². The second-order valence-corrected chi connectivity index (χ2v) is 7.16. The third-order valence-corrected chi connectivity index (χ3v) is 5.48. The van der Waals surface area contributed by atoms with E-state index in [1.165, 1.54) is 3.97 Å². The number of hydrogen-bond donors (Lipinski definition) is 1. The number of benzene rings is 2. The molecule has 0 radical (unpaired) electrons. The third kappa shape index (κ3) is 2.35. The van der Waals surface area contributed by atoms with Gasteiger partial charge in [-0.3, -0.25) is 0 Å². The van der Waals surface area contributed by atoms with Crippen LogP contribution in [0.15, 0.2) is 84.0 Å². The van der Waals surface area contributed by atoms with Crippen molar-refractivity contribution in [2.45, 2.75) is 4.90 Å². The molecule has 5 heteroatoms. The predicted molar refractivity (Wildman–Crippen MR) is 90.8 cm³/mol. The lowest BCUT2D eigenvalue weighted by Gasteiger charge is -2.04. The number of para-hydroxylation sites is 1. The van der Waals surface area contributed by atoms with Crippen molar-refractivity contribution in [3.8, 4) is 11.3 Å². The molecule has 114 valence electrons. The average molecular weight is 322 g/mol. The van der Waals surface area contributed by atoms with Gasteiger partial charge in [0.2, 0.25) is 0 Å². The summed E-state index contributed by atoms with van der Waals surface area (Å²) in [6.45, 7) is 0. The fourth-order valence-electron chi connectivity index (χ4n) is 2.63. The van der Waals surface area contributed by atoms with Crippen molar-refractivity contribution >= 4 is 20.9 Å². The molecule has 0 saturated heterocycles. The summed E-state index contributed by atoms with van der Waals surface area (Å²) in [4.78, 5) is 3.58. The molecule has 0 spiro atoms. The van der Waals surface area contributed by atoms with Crippen LogP contribution in [0.4, 0.5) is 0 Å². The van der Waals surface area contributed by atoms with Gasteiger partial charge in [0, 0.05) is 34.6 Å².